The quantitative estimate of drug-likeness (QED) is 0.725. The van der Waals surface area contributed by atoms with Crippen molar-refractivity contribution >= 4 is 34.0 Å². The summed E-state index contributed by atoms with van der Waals surface area (Å²) in [6.45, 7) is 3.85. The molecule has 130 valence electrons. The van der Waals surface area contributed by atoms with E-state index in [1.54, 1.807) is 0 Å². The van der Waals surface area contributed by atoms with Crippen molar-refractivity contribution in [3.05, 3.63) is 71.8 Å². The third-order valence-electron chi connectivity index (χ3n) is 4.90. The highest BCUT2D eigenvalue weighted by molar-refractivity contribution is 6.23. The zero-order chi connectivity index (χ0) is 18.3. The fourth-order valence-electron chi connectivity index (χ4n) is 3.62. The van der Waals surface area contributed by atoms with Crippen LogP contribution in [0.15, 0.2) is 60.7 Å². The molecule has 0 aliphatic carbocycles. The van der Waals surface area contributed by atoms with Crippen LogP contribution in [0.25, 0.3) is 10.8 Å². The molecule has 0 radical (unpaired) electrons. The number of anilines is 2. The molecule has 1 saturated heterocycles. The van der Waals surface area contributed by atoms with Gasteiger partial charge >= 0.3 is 0 Å². The number of carbonyl (C=O) groups is 2. The van der Waals surface area contributed by atoms with Crippen LogP contribution < -0.4 is 10.2 Å². The van der Waals surface area contributed by atoms with Crippen molar-refractivity contribution in [2.45, 2.75) is 26.3 Å². The number of carbonyl (C=O) groups excluding carboxylic acids is 2. The summed E-state index contributed by atoms with van der Waals surface area (Å²) >= 11 is 0. The SMILES string of the molecule is Cc1cccc(C)c1N1C(=O)C[C@@H](Nc2ccc3ccccc3c2)C1=O. The maximum atomic E-state index is 12.9. The minimum atomic E-state index is -0.539. The molecule has 26 heavy (non-hydrogen) atoms. The molecule has 1 fully saturated rings. The Bertz CT molecular complexity index is 1010. The molecule has 2 amide bonds. The van der Waals surface area contributed by atoms with Gasteiger partial charge in [0.2, 0.25) is 5.91 Å². The lowest BCUT2D eigenvalue weighted by molar-refractivity contribution is -0.121. The number of nitrogens with one attached hydrogen (secondary N) is 1. The van der Waals surface area contributed by atoms with Crippen LogP contribution in [-0.2, 0) is 9.59 Å². The van der Waals surface area contributed by atoms with Gasteiger partial charge in [0, 0.05) is 5.69 Å². The van der Waals surface area contributed by atoms with Crippen molar-refractivity contribution in [1.82, 2.24) is 0 Å². The molecule has 1 heterocycles. The average Bonchev–Trinajstić information content (AvgIpc) is 2.89. The molecular weight excluding hydrogens is 324 g/mol. The second-order valence-electron chi connectivity index (χ2n) is 6.77. The predicted octanol–water partition coefficient (Wildman–Crippen LogP) is 4.20. The molecule has 0 aromatic heterocycles. The molecule has 1 aliphatic heterocycles. The summed E-state index contributed by atoms with van der Waals surface area (Å²) in [6, 6.07) is 19.3. The third-order valence-corrected chi connectivity index (χ3v) is 4.90. The van der Waals surface area contributed by atoms with Gasteiger partial charge in [-0.25, -0.2) is 4.90 Å². The predicted molar refractivity (Wildman–Crippen MR) is 104 cm³/mol. The van der Waals surface area contributed by atoms with Gasteiger partial charge in [0.05, 0.1) is 12.1 Å². The van der Waals surface area contributed by atoms with Gasteiger partial charge in [-0.15, -0.1) is 0 Å². The Morgan fingerprint density at radius 3 is 2.31 bits per heavy atom. The molecule has 4 nitrogen and oxygen atoms in total. The van der Waals surface area contributed by atoms with Gasteiger partial charge < -0.3 is 5.32 Å². The van der Waals surface area contributed by atoms with Crippen LogP contribution in [0, 0.1) is 13.8 Å². The molecule has 3 aromatic carbocycles. The summed E-state index contributed by atoms with van der Waals surface area (Å²) in [6.07, 6.45) is 0.166. The number of benzene rings is 3. The number of aryl methyl sites for hydroxylation is 2. The van der Waals surface area contributed by atoms with E-state index in [-0.39, 0.29) is 18.2 Å². The second-order valence-corrected chi connectivity index (χ2v) is 6.77. The second kappa shape index (κ2) is 6.30. The minimum absolute atomic E-state index is 0.161. The highest BCUT2D eigenvalue weighted by Crippen LogP contribution is 2.31. The highest BCUT2D eigenvalue weighted by Gasteiger charge is 2.40. The maximum absolute atomic E-state index is 12.9. The first-order valence-corrected chi connectivity index (χ1v) is 8.73. The fraction of sp³-hybridized carbons (Fsp3) is 0.182. The lowest BCUT2D eigenvalue weighted by Crippen LogP contribution is -2.35. The van der Waals surface area contributed by atoms with Gasteiger partial charge in [-0.05, 0) is 47.9 Å². The lowest BCUT2D eigenvalue weighted by atomic mass is 10.1. The number of rotatable bonds is 3. The van der Waals surface area contributed by atoms with Crippen LogP contribution >= 0.6 is 0 Å². The van der Waals surface area contributed by atoms with Crippen molar-refractivity contribution in [3.8, 4) is 0 Å². The molecule has 1 aliphatic rings. The third kappa shape index (κ3) is 2.73. The first-order valence-electron chi connectivity index (χ1n) is 8.73. The molecule has 0 saturated carbocycles. The zero-order valence-electron chi connectivity index (χ0n) is 14.8. The molecule has 4 rings (SSSR count). The molecular formula is C22H20N2O2. The van der Waals surface area contributed by atoms with Gasteiger partial charge in [0.1, 0.15) is 6.04 Å². The van der Waals surface area contributed by atoms with Gasteiger partial charge in [-0.3, -0.25) is 9.59 Å². The number of para-hydroxylation sites is 1. The first-order chi connectivity index (χ1) is 12.5. The van der Waals surface area contributed by atoms with E-state index < -0.39 is 6.04 Å². The Hall–Kier alpha value is -3.14. The normalized spacial score (nSPS) is 17.2. The van der Waals surface area contributed by atoms with E-state index in [2.05, 4.69) is 5.32 Å². The van der Waals surface area contributed by atoms with Crippen LogP contribution in [0.2, 0.25) is 0 Å². The average molecular weight is 344 g/mol. The number of amides is 2. The molecule has 0 unspecified atom stereocenters. The summed E-state index contributed by atoms with van der Waals surface area (Å²) in [5, 5.41) is 5.48. The Balaban J connectivity index is 1.62. The standard InChI is InChI=1S/C22H20N2O2/c1-14-6-5-7-15(2)21(14)24-20(25)13-19(22(24)26)23-18-11-10-16-8-3-4-9-17(16)12-18/h3-12,19,23H,13H2,1-2H3/t19-/m1/s1. The van der Waals surface area contributed by atoms with Crippen molar-refractivity contribution in [2.75, 3.05) is 10.2 Å². The van der Waals surface area contributed by atoms with Crippen LogP contribution in [0.3, 0.4) is 0 Å². The summed E-state index contributed by atoms with van der Waals surface area (Å²) in [4.78, 5) is 26.8. The van der Waals surface area contributed by atoms with Crippen molar-refractivity contribution < 1.29 is 9.59 Å². The maximum Gasteiger partial charge on any atom is 0.256 e. The lowest BCUT2D eigenvalue weighted by Gasteiger charge is -2.20. The summed E-state index contributed by atoms with van der Waals surface area (Å²) in [5.74, 6) is -0.355. The van der Waals surface area contributed by atoms with E-state index in [0.29, 0.717) is 5.69 Å². The Labute approximate surface area is 152 Å². The van der Waals surface area contributed by atoms with E-state index in [9.17, 15) is 9.59 Å². The summed E-state index contributed by atoms with van der Waals surface area (Å²) in [5.41, 5.74) is 3.42. The first kappa shape index (κ1) is 16.3. The van der Waals surface area contributed by atoms with E-state index in [1.165, 1.54) is 4.90 Å². The monoisotopic (exact) mass is 344 g/mol. The fourth-order valence-corrected chi connectivity index (χ4v) is 3.62. The van der Waals surface area contributed by atoms with Gasteiger partial charge in [-0.1, -0.05) is 48.5 Å². The number of imide groups is 1. The summed E-state index contributed by atoms with van der Waals surface area (Å²) in [7, 11) is 0. The van der Waals surface area contributed by atoms with Crippen LogP contribution in [0.5, 0.6) is 0 Å². The number of hydrogen-bond acceptors (Lipinski definition) is 3. The molecule has 0 spiro atoms. The highest BCUT2D eigenvalue weighted by atomic mass is 16.2. The van der Waals surface area contributed by atoms with Gasteiger partial charge in [-0.2, -0.15) is 0 Å². The van der Waals surface area contributed by atoms with Crippen molar-refractivity contribution in [1.29, 1.82) is 0 Å². The summed E-state index contributed by atoms with van der Waals surface area (Å²) < 4.78 is 0. The van der Waals surface area contributed by atoms with Crippen LogP contribution in [-0.4, -0.2) is 17.9 Å². The van der Waals surface area contributed by atoms with E-state index >= 15 is 0 Å². The van der Waals surface area contributed by atoms with Crippen LogP contribution in [0.4, 0.5) is 11.4 Å². The largest absolute Gasteiger partial charge is 0.373 e. The Kier molecular flexibility index (Phi) is 3.96. The van der Waals surface area contributed by atoms with Gasteiger partial charge in [0.15, 0.2) is 0 Å². The van der Waals surface area contributed by atoms with Crippen LogP contribution in [0.1, 0.15) is 17.5 Å². The molecule has 1 atom stereocenters. The molecule has 0 bridgehead atoms. The molecule has 1 N–H and O–H groups in total. The van der Waals surface area contributed by atoms with E-state index in [1.807, 2.05) is 74.5 Å². The zero-order valence-corrected chi connectivity index (χ0v) is 14.8. The number of nitrogens with zero attached hydrogens (tertiary/aromatic N) is 1. The van der Waals surface area contributed by atoms with Gasteiger partial charge in [0.25, 0.3) is 5.91 Å². The van der Waals surface area contributed by atoms with E-state index in [0.717, 1.165) is 27.6 Å². The van der Waals surface area contributed by atoms with E-state index in [4.69, 9.17) is 0 Å². The Morgan fingerprint density at radius 1 is 0.885 bits per heavy atom. The van der Waals surface area contributed by atoms with Crippen molar-refractivity contribution in [2.24, 2.45) is 0 Å². The molecule has 4 heteroatoms. The van der Waals surface area contributed by atoms with Crippen molar-refractivity contribution in [3.63, 3.8) is 0 Å². The Morgan fingerprint density at radius 2 is 1.58 bits per heavy atom. The number of hydrogen-bond donors (Lipinski definition) is 1. The minimum Gasteiger partial charge on any atom is -0.373 e. The molecule has 3 aromatic rings. The number of fused-ring (bicyclic) bond motifs is 1. The smallest absolute Gasteiger partial charge is 0.256 e. The topological polar surface area (TPSA) is 49.4 Å².